The van der Waals surface area contributed by atoms with E-state index in [1.165, 1.54) is 4.90 Å². The van der Waals surface area contributed by atoms with E-state index in [4.69, 9.17) is 4.74 Å². The second-order valence-corrected chi connectivity index (χ2v) is 5.26. The number of urea groups is 1. The second-order valence-electron chi connectivity index (χ2n) is 5.26. The van der Waals surface area contributed by atoms with Gasteiger partial charge in [0.1, 0.15) is 6.04 Å². The zero-order valence-corrected chi connectivity index (χ0v) is 12.2. The number of carboxylic acids is 1. The molecule has 1 unspecified atom stereocenters. The normalized spacial score (nSPS) is 18.8. The molecule has 0 spiro atoms. The van der Waals surface area contributed by atoms with Gasteiger partial charge < -0.3 is 20.1 Å². The zero-order valence-electron chi connectivity index (χ0n) is 12.2. The number of carboxylic acid groups (broad SMARTS) is 1. The Labute approximate surface area is 123 Å². The topological polar surface area (TPSA) is 78.9 Å². The van der Waals surface area contributed by atoms with Crippen LogP contribution in [-0.2, 0) is 22.5 Å². The van der Waals surface area contributed by atoms with Crippen molar-refractivity contribution in [2.75, 3.05) is 13.7 Å². The molecule has 1 aliphatic heterocycles. The third kappa shape index (κ3) is 3.52. The van der Waals surface area contributed by atoms with E-state index in [2.05, 4.69) is 5.32 Å². The predicted octanol–water partition coefficient (Wildman–Crippen LogP) is 1.24. The number of nitrogens with zero attached hydrogens (tertiary/aromatic N) is 1. The minimum Gasteiger partial charge on any atom is -0.480 e. The SMILES string of the molecule is COCC(C)NC(=O)N1Cc2ccccc2C[C@H]1C(=O)O. The number of nitrogens with one attached hydrogen (secondary N) is 1. The molecular weight excluding hydrogens is 272 g/mol. The smallest absolute Gasteiger partial charge is 0.326 e. The van der Waals surface area contributed by atoms with Gasteiger partial charge in [0, 0.05) is 20.1 Å². The fourth-order valence-corrected chi connectivity index (χ4v) is 2.54. The third-order valence-corrected chi connectivity index (χ3v) is 3.58. The lowest BCUT2D eigenvalue weighted by Crippen LogP contribution is -2.54. The van der Waals surface area contributed by atoms with E-state index in [0.717, 1.165) is 11.1 Å². The number of hydrogen-bond donors (Lipinski definition) is 2. The predicted molar refractivity (Wildman–Crippen MR) is 77.0 cm³/mol. The highest BCUT2D eigenvalue weighted by molar-refractivity contribution is 5.83. The number of methoxy groups -OCH3 is 1. The van der Waals surface area contributed by atoms with Crippen molar-refractivity contribution in [3.8, 4) is 0 Å². The first-order valence-electron chi connectivity index (χ1n) is 6.88. The maximum atomic E-state index is 12.3. The number of hydrogen-bond acceptors (Lipinski definition) is 3. The number of benzene rings is 1. The summed E-state index contributed by atoms with van der Waals surface area (Å²) in [5, 5.41) is 12.1. The lowest BCUT2D eigenvalue weighted by atomic mass is 9.94. The van der Waals surface area contributed by atoms with Gasteiger partial charge >= 0.3 is 12.0 Å². The largest absolute Gasteiger partial charge is 0.480 e. The Hall–Kier alpha value is -2.08. The van der Waals surface area contributed by atoms with E-state index >= 15 is 0 Å². The van der Waals surface area contributed by atoms with Crippen LogP contribution in [0.2, 0.25) is 0 Å². The molecule has 0 saturated carbocycles. The van der Waals surface area contributed by atoms with E-state index in [-0.39, 0.29) is 12.1 Å². The highest BCUT2D eigenvalue weighted by atomic mass is 16.5. The minimum atomic E-state index is -0.987. The standard InChI is InChI=1S/C15H20N2O4/c1-10(9-21-2)16-15(20)17-8-12-6-4-3-5-11(12)7-13(17)14(18)19/h3-6,10,13H,7-9H2,1-2H3,(H,16,20)(H,18,19)/t10?,13-/m0/s1. The molecule has 6 heteroatoms. The molecule has 1 heterocycles. The fourth-order valence-electron chi connectivity index (χ4n) is 2.54. The lowest BCUT2D eigenvalue weighted by molar-refractivity contribution is -0.142. The van der Waals surface area contributed by atoms with Gasteiger partial charge in [-0.05, 0) is 18.1 Å². The van der Waals surface area contributed by atoms with Crippen LogP contribution < -0.4 is 5.32 Å². The van der Waals surface area contributed by atoms with E-state index in [1.54, 1.807) is 7.11 Å². The van der Waals surface area contributed by atoms with Crippen LogP contribution in [-0.4, -0.2) is 47.8 Å². The molecule has 0 saturated heterocycles. The molecule has 0 radical (unpaired) electrons. The van der Waals surface area contributed by atoms with Gasteiger partial charge in [0.25, 0.3) is 0 Å². The maximum Gasteiger partial charge on any atom is 0.326 e. The van der Waals surface area contributed by atoms with Crippen molar-refractivity contribution in [3.63, 3.8) is 0 Å². The Morgan fingerprint density at radius 3 is 2.71 bits per heavy atom. The Morgan fingerprint density at radius 1 is 1.43 bits per heavy atom. The molecular formula is C15H20N2O4. The van der Waals surface area contributed by atoms with Gasteiger partial charge in [-0.15, -0.1) is 0 Å². The first-order chi connectivity index (χ1) is 10.0. The summed E-state index contributed by atoms with van der Waals surface area (Å²) in [6.45, 7) is 2.50. The van der Waals surface area contributed by atoms with Crippen LogP contribution in [0.15, 0.2) is 24.3 Å². The van der Waals surface area contributed by atoms with Gasteiger partial charge in [-0.2, -0.15) is 0 Å². The van der Waals surface area contributed by atoms with Gasteiger partial charge in [-0.1, -0.05) is 24.3 Å². The van der Waals surface area contributed by atoms with Gasteiger partial charge in [0.05, 0.1) is 12.6 Å². The Balaban J connectivity index is 2.16. The summed E-state index contributed by atoms with van der Waals surface area (Å²) < 4.78 is 4.97. The molecule has 0 aromatic heterocycles. The first-order valence-corrected chi connectivity index (χ1v) is 6.88. The summed E-state index contributed by atoms with van der Waals surface area (Å²) in [5.41, 5.74) is 1.98. The highest BCUT2D eigenvalue weighted by Crippen LogP contribution is 2.23. The summed E-state index contributed by atoms with van der Waals surface area (Å²) in [6.07, 6.45) is 0.331. The number of rotatable bonds is 4. The van der Waals surface area contributed by atoms with Crippen molar-refractivity contribution in [2.24, 2.45) is 0 Å². The van der Waals surface area contributed by atoms with Crippen LogP contribution in [0.25, 0.3) is 0 Å². The van der Waals surface area contributed by atoms with Crippen LogP contribution in [0.3, 0.4) is 0 Å². The van der Waals surface area contributed by atoms with Crippen LogP contribution in [0.1, 0.15) is 18.1 Å². The number of aliphatic carboxylic acids is 1. The molecule has 1 aromatic rings. The third-order valence-electron chi connectivity index (χ3n) is 3.58. The van der Waals surface area contributed by atoms with E-state index in [9.17, 15) is 14.7 Å². The molecule has 2 rings (SSSR count). The van der Waals surface area contributed by atoms with Crippen molar-refractivity contribution in [2.45, 2.75) is 32.0 Å². The minimum absolute atomic E-state index is 0.172. The molecule has 114 valence electrons. The van der Waals surface area contributed by atoms with Gasteiger partial charge in [0.15, 0.2) is 0 Å². The summed E-state index contributed by atoms with van der Waals surface area (Å²) in [6, 6.07) is 6.23. The molecule has 2 atom stereocenters. The number of ether oxygens (including phenoxy) is 1. The van der Waals surface area contributed by atoms with Crippen molar-refractivity contribution in [3.05, 3.63) is 35.4 Å². The number of carbonyl (C=O) groups is 2. The van der Waals surface area contributed by atoms with Crippen LogP contribution in [0.4, 0.5) is 4.79 Å². The van der Waals surface area contributed by atoms with Crippen molar-refractivity contribution < 1.29 is 19.4 Å². The Morgan fingerprint density at radius 2 is 2.10 bits per heavy atom. The molecule has 2 N–H and O–H groups in total. The molecule has 0 bridgehead atoms. The van der Waals surface area contributed by atoms with Gasteiger partial charge in [0.2, 0.25) is 0 Å². The second kappa shape index (κ2) is 6.58. The van der Waals surface area contributed by atoms with Crippen molar-refractivity contribution in [1.29, 1.82) is 0 Å². The quantitative estimate of drug-likeness (QED) is 0.875. The molecule has 2 amide bonds. The zero-order chi connectivity index (χ0) is 15.4. The van der Waals surface area contributed by atoms with Gasteiger partial charge in [-0.25, -0.2) is 9.59 Å². The van der Waals surface area contributed by atoms with Crippen molar-refractivity contribution in [1.82, 2.24) is 10.2 Å². The molecule has 21 heavy (non-hydrogen) atoms. The summed E-state index contributed by atoms with van der Waals surface area (Å²) in [5.74, 6) is -0.987. The van der Waals surface area contributed by atoms with E-state index in [1.807, 2.05) is 31.2 Å². The molecule has 1 aliphatic rings. The molecule has 0 aliphatic carbocycles. The lowest BCUT2D eigenvalue weighted by Gasteiger charge is -2.35. The van der Waals surface area contributed by atoms with E-state index in [0.29, 0.717) is 19.6 Å². The van der Waals surface area contributed by atoms with E-state index < -0.39 is 12.0 Å². The summed E-state index contributed by atoms with van der Waals surface area (Å²) in [7, 11) is 1.56. The van der Waals surface area contributed by atoms with Crippen molar-refractivity contribution >= 4 is 12.0 Å². The number of carbonyl (C=O) groups excluding carboxylic acids is 1. The van der Waals surface area contributed by atoms with Gasteiger partial charge in [-0.3, -0.25) is 0 Å². The summed E-state index contributed by atoms with van der Waals surface area (Å²) >= 11 is 0. The molecule has 0 fully saturated rings. The Bertz CT molecular complexity index is 532. The summed E-state index contributed by atoms with van der Waals surface area (Å²) in [4.78, 5) is 25.1. The maximum absolute atomic E-state index is 12.3. The van der Waals surface area contributed by atoms with Crippen LogP contribution >= 0.6 is 0 Å². The Kier molecular flexibility index (Phi) is 4.80. The fraction of sp³-hybridized carbons (Fsp3) is 0.467. The average molecular weight is 292 g/mol. The average Bonchev–Trinajstić information content (AvgIpc) is 2.45. The first kappa shape index (κ1) is 15.3. The number of amides is 2. The van der Waals surface area contributed by atoms with Crippen LogP contribution in [0, 0.1) is 0 Å². The highest BCUT2D eigenvalue weighted by Gasteiger charge is 2.34. The molecule has 6 nitrogen and oxygen atoms in total. The monoisotopic (exact) mass is 292 g/mol. The van der Waals surface area contributed by atoms with Crippen LogP contribution in [0.5, 0.6) is 0 Å². The molecule has 1 aromatic carbocycles. The number of fused-ring (bicyclic) bond motifs is 1.